The SMILES string of the molecule is C=C(C#CCC(C)C)CNC(=C)CC(C)(C)C. The molecule has 0 unspecified atom stereocenters. The van der Waals surface area contributed by atoms with E-state index in [1.807, 2.05) is 0 Å². The molecule has 0 aromatic heterocycles. The van der Waals surface area contributed by atoms with Crippen LogP contribution < -0.4 is 5.32 Å². The molecule has 0 saturated heterocycles. The molecule has 0 atom stereocenters. The van der Waals surface area contributed by atoms with E-state index in [0.29, 0.717) is 12.5 Å². The first kappa shape index (κ1) is 15.8. The fraction of sp³-hybridized carbons (Fsp3) is 0.625. The van der Waals surface area contributed by atoms with Crippen LogP contribution in [0.1, 0.15) is 47.5 Å². The minimum absolute atomic E-state index is 0.273. The third-order valence-electron chi connectivity index (χ3n) is 2.07. The Balaban J connectivity index is 3.91. The predicted octanol–water partition coefficient (Wildman–Crippen LogP) is 4.13. The third kappa shape index (κ3) is 11.1. The summed E-state index contributed by atoms with van der Waals surface area (Å²) in [4.78, 5) is 0. The van der Waals surface area contributed by atoms with Gasteiger partial charge >= 0.3 is 0 Å². The molecule has 0 radical (unpaired) electrons. The Hall–Kier alpha value is -1.16. The van der Waals surface area contributed by atoms with Crippen LogP contribution in [0.2, 0.25) is 0 Å². The van der Waals surface area contributed by atoms with Gasteiger partial charge in [0, 0.05) is 24.2 Å². The number of allylic oxidation sites excluding steroid dienone is 1. The maximum atomic E-state index is 4.02. The van der Waals surface area contributed by atoms with Crippen LogP contribution in [-0.2, 0) is 0 Å². The highest BCUT2D eigenvalue weighted by Gasteiger charge is 2.11. The van der Waals surface area contributed by atoms with Gasteiger partial charge in [-0.3, -0.25) is 0 Å². The molecule has 0 aromatic rings. The fourth-order valence-electron chi connectivity index (χ4n) is 1.36. The molecular formula is C16H27N. The Morgan fingerprint density at radius 1 is 1.24 bits per heavy atom. The summed E-state index contributed by atoms with van der Waals surface area (Å²) in [5.41, 5.74) is 2.26. The van der Waals surface area contributed by atoms with Gasteiger partial charge in [0.05, 0.1) is 0 Å². The number of hydrogen-bond donors (Lipinski definition) is 1. The lowest BCUT2D eigenvalue weighted by Crippen LogP contribution is -2.19. The van der Waals surface area contributed by atoms with E-state index >= 15 is 0 Å². The molecular weight excluding hydrogens is 206 g/mol. The second-order valence-electron chi connectivity index (χ2n) is 6.20. The van der Waals surface area contributed by atoms with Crippen molar-refractivity contribution >= 4 is 0 Å². The summed E-state index contributed by atoms with van der Waals surface area (Å²) in [6.07, 6.45) is 1.90. The highest BCUT2D eigenvalue weighted by Crippen LogP contribution is 2.21. The molecule has 0 spiro atoms. The van der Waals surface area contributed by atoms with Gasteiger partial charge in [-0.25, -0.2) is 0 Å². The molecule has 0 heterocycles. The van der Waals surface area contributed by atoms with Gasteiger partial charge in [-0.15, -0.1) is 0 Å². The van der Waals surface area contributed by atoms with E-state index in [1.165, 1.54) is 0 Å². The Morgan fingerprint density at radius 3 is 2.29 bits per heavy atom. The normalized spacial score (nSPS) is 10.7. The van der Waals surface area contributed by atoms with Gasteiger partial charge in [0.15, 0.2) is 0 Å². The van der Waals surface area contributed by atoms with E-state index in [-0.39, 0.29) is 5.41 Å². The molecule has 0 aliphatic carbocycles. The quantitative estimate of drug-likeness (QED) is 0.704. The molecule has 1 N–H and O–H groups in total. The fourth-order valence-corrected chi connectivity index (χ4v) is 1.36. The summed E-state index contributed by atoms with van der Waals surface area (Å²) in [6, 6.07) is 0. The molecule has 0 rings (SSSR count). The van der Waals surface area contributed by atoms with E-state index in [1.54, 1.807) is 0 Å². The summed E-state index contributed by atoms with van der Waals surface area (Å²) in [5, 5.41) is 3.28. The van der Waals surface area contributed by atoms with Crippen LogP contribution in [0.15, 0.2) is 24.4 Å². The molecule has 0 bridgehead atoms. The van der Waals surface area contributed by atoms with Gasteiger partial charge in [-0.2, -0.15) is 0 Å². The van der Waals surface area contributed by atoms with Crippen LogP contribution in [0.4, 0.5) is 0 Å². The minimum atomic E-state index is 0.273. The van der Waals surface area contributed by atoms with Crippen molar-refractivity contribution in [2.45, 2.75) is 47.5 Å². The molecule has 0 amide bonds. The van der Waals surface area contributed by atoms with Crippen molar-refractivity contribution in [2.75, 3.05) is 6.54 Å². The zero-order valence-corrected chi connectivity index (χ0v) is 12.1. The molecule has 0 aliphatic rings. The third-order valence-corrected chi connectivity index (χ3v) is 2.07. The number of nitrogens with one attached hydrogen (secondary N) is 1. The average Bonchev–Trinajstić information content (AvgIpc) is 2.11. The second-order valence-corrected chi connectivity index (χ2v) is 6.20. The van der Waals surface area contributed by atoms with Crippen molar-refractivity contribution in [1.29, 1.82) is 0 Å². The largest absolute Gasteiger partial charge is 0.384 e. The van der Waals surface area contributed by atoms with Crippen LogP contribution in [0, 0.1) is 23.2 Å². The maximum Gasteiger partial charge on any atom is 0.0470 e. The van der Waals surface area contributed by atoms with Crippen LogP contribution in [0.3, 0.4) is 0 Å². The number of hydrogen-bond acceptors (Lipinski definition) is 1. The molecule has 17 heavy (non-hydrogen) atoms. The summed E-state index contributed by atoms with van der Waals surface area (Å²) >= 11 is 0. The lowest BCUT2D eigenvalue weighted by atomic mass is 9.91. The van der Waals surface area contributed by atoms with Crippen LogP contribution in [-0.4, -0.2) is 6.54 Å². The van der Waals surface area contributed by atoms with Crippen molar-refractivity contribution in [3.63, 3.8) is 0 Å². The van der Waals surface area contributed by atoms with Crippen LogP contribution in [0.25, 0.3) is 0 Å². The average molecular weight is 233 g/mol. The highest BCUT2D eigenvalue weighted by atomic mass is 14.9. The Labute approximate surface area is 107 Å². The van der Waals surface area contributed by atoms with Crippen LogP contribution in [0.5, 0.6) is 0 Å². The molecule has 1 heteroatoms. The Bertz CT molecular complexity index is 318. The second kappa shape index (κ2) is 7.22. The van der Waals surface area contributed by atoms with Crippen molar-refractivity contribution in [3.8, 4) is 11.8 Å². The lowest BCUT2D eigenvalue weighted by Gasteiger charge is -2.20. The molecule has 0 fully saturated rings. The first-order valence-electron chi connectivity index (χ1n) is 6.29. The van der Waals surface area contributed by atoms with E-state index in [0.717, 1.165) is 24.1 Å². The standard InChI is InChI=1S/C16H27N/c1-13(2)9-8-10-14(3)12-17-15(4)11-16(5,6)7/h13,17H,3-4,9,11-12H2,1-2,5-7H3. The van der Waals surface area contributed by atoms with Crippen molar-refractivity contribution < 1.29 is 0 Å². The molecule has 96 valence electrons. The van der Waals surface area contributed by atoms with Crippen molar-refractivity contribution in [1.82, 2.24) is 5.32 Å². The maximum absolute atomic E-state index is 4.02. The first-order chi connectivity index (χ1) is 7.70. The highest BCUT2D eigenvalue weighted by molar-refractivity contribution is 5.27. The number of rotatable bonds is 5. The van der Waals surface area contributed by atoms with Gasteiger partial charge in [-0.05, 0) is 17.8 Å². The molecule has 0 aliphatic heterocycles. The lowest BCUT2D eigenvalue weighted by molar-refractivity contribution is 0.400. The zero-order chi connectivity index (χ0) is 13.5. The van der Waals surface area contributed by atoms with Gasteiger partial charge in [-0.1, -0.05) is 59.6 Å². The topological polar surface area (TPSA) is 12.0 Å². The monoisotopic (exact) mass is 233 g/mol. The van der Waals surface area contributed by atoms with Crippen molar-refractivity contribution in [3.05, 3.63) is 24.4 Å². The minimum Gasteiger partial charge on any atom is -0.384 e. The van der Waals surface area contributed by atoms with Gasteiger partial charge in [0.2, 0.25) is 0 Å². The smallest absolute Gasteiger partial charge is 0.0470 e. The van der Waals surface area contributed by atoms with Gasteiger partial charge < -0.3 is 5.32 Å². The summed E-state index contributed by atoms with van der Waals surface area (Å²) < 4.78 is 0. The Kier molecular flexibility index (Phi) is 6.73. The summed E-state index contributed by atoms with van der Waals surface area (Å²) in [7, 11) is 0. The van der Waals surface area contributed by atoms with Gasteiger partial charge in [0.25, 0.3) is 0 Å². The predicted molar refractivity (Wildman–Crippen MR) is 77.6 cm³/mol. The molecule has 0 aromatic carbocycles. The van der Waals surface area contributed by atoms with E-state index in [2.05, 4.69) is 64.9 Å². The van der Waals surface area contributed by atoms with E-state index < -0.39 is 0 Å². The zero-order valence-electron chi connectivity index (χ0n) is 12.1. The summed E-state index contributed by atoms with van der Waals surface area (Å²) in [5.74, 6) is 6.85. The first-order valence-corrected chi connectivity index (χ1v) is 6.29. The molecule has 1 nitrogen and oxygen atoms in total. The van der Waals surface area contributed by atoms with E-state index in [9.17, 15) is 0 Å². The Morgan fingerprint density at radius 2 is 1.82 bits per heavy atom. The molecule has 0 saturated carbocycles. The van der Waals surface area contributed by atoms with E-state index in [4.69, 9.17) is 0 Å². The summed E-state index contributed by atoms with van der Waals surface area (Å²) in [6.45, 7) is 19.6. The van der Waals surface area contributed by atoms with Crippen molar-refractivity contribution in [2.24, 2.45) is 11.3 Å². The van der Waals surface area contributed by atoms with Crippen LogP contribution >= 0.6 is 0 Å². The van der Waals surface area contributed by atoms with Gasteiger partial charge in [0.1, 0.15) is 0 Å².